The SMILES string of the molecule is CCCCCC(CCCCC(=O)OC1CC(C)(C)N(C)C(C)(C)C1)N(C)C(=O)OC1CC(C)(C)NC(C)(C)C1. The molecular formula is C32H61N3O4. The number of carbonyl (C=O) groups is 2. The number of carbonyl (C=O) groups excluding carboxylic acids is 2. The van der Waals surface area contributed by atoms with E-state index in [-0.39, 0.29) is 52.5 Å². The zero-order valence-electron chi connectivity index (χ0n) is 27.2. The van der Waals surface area contributed by atoms with Gasteiger partial charge in [0.25, 0.3) is 0 Å². The Kier molecular flexibility index (Phi) is 11.8. The zero-order valence-corrected chi connectivity index (χ0v) is 27.2. The van der Waals surface area contributed by atoms with E-state index in [1.165, 1.54) is 0 Å². The maximum Gasteiger partial charge on any atom is 0.410 e. The molecule has 1 amide bonds. The first-order valence-electron chi connectivity index (χ1n) is 15.5. The summed E-state index contributed by atoms with van der Waals surface area (Å²) in [6, 6.07) is 0.123. The van der Waals surface area contributed by atoms with Crippen molar-refractivity contribution < 1.29 is 19.1 Å². The molecule has 2 rings (SSSR count). The Morgan fingerprint density at radius 3 is 1.82 bits per heavy atom. The van der Waals surface area contributed by atoms with Gasteiger partial charge in [0.15, 0.2) is 0 Å². The maximum atomic E-state index is 13.2. The Hall–Kier alpha value is -1.34. The number of nitrogens with zero attached hydrogens (tertiary/aromatic N) is 2. The van der Waals surface area contributed by atoms with Crippen molar-refractivity contribution in [3.8, 4) is 0 Å². The van der Waals surface area contributed by atoms with Gasteiger partial charge >= 0.3 is 12.1 Å². The highest BCUT2D eigenvalue weighted by Crippen LogP contribution is 2.38. The van der Waals surface area contributed by atoms with E-state index in [9.17, 15) is 9.59 Å². The fourth-order valence-corrected chi connectivity index (χ4v) is 7.11. The molecule has 1 N–H and O–H groups in total. The van der Waals surface area contributed by atoms with Crippen LogP contribution in [-0.2, 0) is 14.3 Å². The molecule has 39 heavy (non-hydrogen) atoms. The van der Waals surface area contributed by atoms with Crippen molar-refractivity contribution in [2.45, 2.75) is 180 Å². The molecule has 7 nitrogen and oxygen atoms in total. The fraction of sp³-hybridized carbons (Fsp3) is 0.938. The number of esters is 1. The van der Waals surface area contributed by atoms with Crippen LogP contribution in [0.1, 0.15) is 139 Å². The number of rotatable bonds is 12. The lowest BCUT2D eigenvalue weighted by molar-refractivity contribution is -0.159. The molecule has 2 fully saturated rings. The summed E-state index contributed by atoms with van der Waals surface area (Å²) < 4.78 is 12.0. The van der Waals surface area contributed by atoms with Gasteiger partial charge in [-0.15, -0.1) is 0 Å². The van der Waals surface area contributed by atoms with Crippen molar-refractivity contribution in [1.29, 1.82) is 0 Å². The maximum absolute atomic E-state index is 13.2. The first kappa shape index (κ1) is 33.9. The molecule has 0 radical (unpaired) electrons. The predicted octanol–water partition coefficient (Wildman–Crippen LogP) is 7.07. The minimum Gasteiger partial charge on any atom is -0.462 e. The fourth-order valence-electron chi connectivity index (χ4n) is 7.11. The van der Waals surface area contributed by atoms with Crippen LogP contribution in [-0.4, -0.2) is 76.4 Å². The normalized spacial score (nSPS) is 23.7. The van der Waals surface area contributed by atoms with E-state index in [1.54, 1.807) is 0 Å². The van der Waals surface area contributed by atoms with E-state index >= 15 is 0 Å². The average molecular weight is 552 g/mol. The van der Waals surface area contributed by atoms with Crippen LogP contribution < -0.4 is 5.32 Å². The van der Waals surface area contributed by atoms with Crippen molar-refractivity contribution in [3.63, 3.8) is 0 Å². The standard InChI is InChI=1S/C32H61N3O4/c1-12-13-14-17-24(34(10)28(37)39-25-20-29(2,3)33-30(4,5)21-25)18-15-16-19-27(36)38-26-22-31(6,7)35(11)32(8,9)23-26/h24-26,33H,12-23H2,1-11H3. The van der Waals surface area contributed by atoms with Crippen molar-refractivity contribution in [3.05, 3.63) is 0 Å². The van der Waals surface area contributed by atoms with Gasteiger partial charge in [0.1, 0.15) is 12.2 Å². The summed E-state index contributed by atoms with van der Waals surface area (Å²) in [5, 5.41) is 3.66. The van der Waals surface area contributed by atoms with E-state index < -0.39 is 0 Å². The third kappa shape index (κ3) is 10.5. The minimum absolute atomic E-state index is 0.00274. The second-order valence-corrected chi connectivity index (χ2v) is 15.0. The molecule has 0 spiro atoms. The van der Waals surface area contributed by atoms with Crippen LogP contribution in [0.2, 0.25) is 0 Å². The van der Waals surface area contributed by atoms with Gasteiger partial charge in [-0.1, -0.05) is 32.6 Å². The molecule has 0 aromatic rings. The second-order valence-electron chi connectivity index (χ2n) is 15.0. The zero-order chi connectivity index (χ0) is 29.6. The first-order valence-corrected chi connectivity index (χ1v) is 15.5. The topological polar surface area (TPSA) is 71.1 Å². The lowest BCUT2D eigenvalue weighted by Crippen LogP contribution is -2.60. The highest BCUT2D eigenvalue weighted by molar-refractivity contribution is 5.69. The summed E-state index contributed by atoms with van der Waals surface area (Å²) >= 11 is 0. The largest absolute Gasteiger partial charge is 0.462 e. The summed E-state index contributed by atoms with van der Waals surface area (Å²) in [5.74, 6) is -0.0948. The third-order valence-corrected chi connectivity index (χ3v) is 9.13. The number of piperidine rings is 2. The van der Waals surface area contributed by atoms with Gasteiger partial charge in [0.05, 0.1) is 0 Å². The van der Waals surface area contributed by atoms with Gasteiger partial charge in [-0.2, -0.15) is 0 Å². The number of ether oxygens (including phenoxy) is 2. The van der Waals surface area contributed by atoms with Crippen molar-refractivity contribution in [1.82, 2.24) is 15.1 Å². The number of hydrogen-bond acceptors (Lipinski definition) is 6. The molecule has 1 atom stereocenters. The van der Waals surface area contributed by atoms with Gasteiger partial charge < -0.3 is 19.7 Å². The summed E-state index contributed by atoms with van der Waals surface area (Å²) in [7, 11) is 4.05. The number of nitrogens with one attached hydrogen (secondary N) is 1. The van der Waals surface area contributed by atoms with Crippen LogP contribution in [0.25, 0.3) is 0 Å². The molecule has 7 heteroatoms. The minimum atomic E-state index is -0.220. The van der Waals surface area contributed by atoms with E-state index in [0.717, 1.165) is 70.6 Å². The highest BCUT2D eigenvalue weighted by atomic mass is 16.6. The lowest BCUT2D eigenvalue weighted by Gasteiger charge is -2.53. The molecule has 2 aliphatic heterocycles. The molecule has 2 heterocycles. The van der Waals surface area contributed by atoms with Crippen molar-refractivity contribution >= 4 is 12.1 Å². The Balaban J connectivity index is 1.86. The molecule has 0 aromatic heterocycles. The first-order chi connectivity index (χ1) is 17.9. The van der Waals surface area contributed by atoms with E-state index in [1.807, 2.05) is 11.9 Å². The molecule has 0 saturated carbocycles. The molecular weight excluding hydrogens is 490 g/mol. The Morgan fingerprint density at radius 2 is 1.31 bits per heavy atom. The predicted molar refractivity (Wildman–Crippen MR) is 160 cm³/mol. The van der Waals surface area contributed by atoms with Crippen LogP contribution in [0.5, 0.6) is 0 Å². The number of amides is 1. The number of unbranched alkanes of at least 4 members (excludes halogenated alkanes) is 3. The molecule has 2 aliphatic rings. The molecule has 2 saturated heterocycles. The summed E-state index contributed by atoms with van der Waals surface area (Å²) in [6.45, 7) is 19.8. The highest BCUT2D eigenvalue weighted by Gasteiger charge is 2.44. The number of likely N-dealkylation sites (tertiary alicyclic amines) is 1. The van der Waals surface area contributed by atoms with Gasteiger partial charge in [-0.05, 0) is 81.7 Å². The molecule has 1 unspecified atom stereocenters. The Bertz CT molecular complexity index is 773. The van der Waals surface area contributed by atoms with Gasteiger partial charge in [-0.25, -0.2) is 4.79 Å². The summed E-state index contributed by atoms with van der Waals surface area (Å²) in [4.78, 5) is 30.1. The van der Waals surface area contributed by atoms with Gasteiger partial charge in [-0.3, -0.25) is 9.69 Å². The van der Waals surface area contributed by atoms with E-state index in [2.05, 4.69) is 79.6 Å². The van der Waals surface area contributed by atoms with Crippen LogP contribution >= 0.6 is 0 Å². The van der Waals surface area contributed by atoms with Crippen LogP contribution in [0, 0.1) is 0 Å². The molecule has 0 aliphatic carbocycles. The Labute approximate surface area is 240 Å². The van der Waals surface area contributed by atoms with Crippen molar-refractivity contribution in [2.75, 3.05) is 14.1 Å². The van der Waals surface area contributed by atoms with Gasteiger partial charge in [0.2, 0.25) is 0 Å². The van der Waals surface area contributed by atoms with Crippen LogP contribution in [0.3, 0.4) is 0 Å². The quantitative estimate of drug-likeness (QED) is 0.207. The smallest absolute Gasteiger partial charge is 0.410 e. The summed E-state index contributed by atoms with van der Waals surface area (Å²) in [6.07, 6.45) is 10.3. The third-order valence-electron chi connectivity index (χ3n) is 9.13. The number of hydrogen-bond donors (Lipinski definition) is 1. The second kappa shape index (κ2) is 13.5. The summed E-state index contributed by atoms with van der Waals surface area (Å²) in [5.41, 5.74) is -0.145. The monoisotopic (exact) mass is 551 g/mol. The Morgan fingerprint density at radius 1 is 0.821 bits per heavy atom. The van der Waals surface area contributed by atoms with Crippen LogP contribution in [0.4, 0.5) is 4.79 Å². The van der Waals surface area contributed by atoms with Crippen molar-refractivity contribution in [2.24, 2.45) is 0 Å². The van der Waals surface area contributed by atoms with E-state index in [4.69, 9.17) is 9.47 Å². The lowest BCUT2D eigenvalue weighted by atomic mass is 9.79. The molecule has 228 valence electrons. The average Bonchev–Trinajstić information content (AvgIpc) is 2.76. The van der Waals surface area contributed by atoms with E-state index in [0.29, 0.717) is 6.42 Å². The van der Waals surface area contributed by atoms with Gasteiger partial charge in [0, 0.05) is 67.3 Å². The van der Waals surface area contributed by atoms with Crippen LogP contribution in [0.15, 0.2) is 0 Å². The molecule has 0 aromatic carbocycles. The molecule has 0 bridgehead atoms.